The second kappa shape index (κ2) is 4.71. The Balaban J connectivity index is 2.36. The molecule has 96 valence electrons. The van der Waals surface area contributed by atoms with Crippen LogP contribution in [0.25, 0.3) is 0 Å². The number of pyridine rings is 1. The number of aryl methyl sites for hydroxylation is 1. The van der Waals surface area contributed by atoms with Crippen LogP contribution in [-0.2, 0) is 10.0 Å². The molecule has 9 heteroatoms. The Bertz CT molecular complexity index is 736. The van der Waals surface area contributed by atoms with Crippen LogP contribution in [0.1, 0.15) is 4.88 Å². The van der Waals surface area contributed by atoms with Crippen LogP contribution in [0.5, 0.6) is 0 Å². The maximum atomic E-state index is 11.9. The van der Waals surface area contributed by atoms with Crippen LogP contribution >= 0.6 is 22.9 Å². The molecule has 0 aliphatic heterocycles. The third-order valence-electron chi connectivity index (χ3n) is 1.98. The summed E-state index contributed by atoms with van der Waals surface area (Å²) in [5, 5.41) is 0.0722. The average Bonchev–Trinajstić information content (AvgIpc) is 2.67. The van der Waals surface area contributed by atoms with Gasteiger partial charge in [-0.3, -0.25) is 9.52 Å². The van der Waals surface area contributed by atoms with E-state index in [2.05, 4.69) is 14.7 Å². The highest BCUT2D eigenvalue weighted by atomic mass is 35.5. The Labute approximate surface area is 112 Å². The summed E-state index contributed by atoms with van der Waals surface area (Å²) < 4.78 is 26.2. The lowest BCUT2D eigenvalue weighted by Crippen LogP contribution is -2.15. The van der Waals surface area contributed by atoms with Crippen LogP contribution in [0.15, 0.2) is 28.2 Å². The summed E-state index contributed by atoms with van der Waals surface area (Å²) in [5.74, 6) is 0. The Morgan fingerprint density at radius 2 is 2.22 bits per heavy atom. The number of aromatic amines is 1. The number of rotatable bonds is 3. The first kappa shape index (κ1) is 13.1. The van der Waals surface area contributed by atoms with Gasteiger partial charge in [0.05, 0.1) is 0 Å². The number of aromatic nitrogens is 2. The summed E-state index contributed by atoms with van der Waals surface area (Å²) in [7, 11) is -3.80. The fourth-order valence-electron chi connectivity index (χ4n) is 1.17. The minimum absolute atomic E-state index is 0.125. The number of anilines is 1. The van der Waals surface area contributed by atoms with E-state index in [9.17, 15) is 13.2 Å². The number of H-pyrrole nitrogens is 1. The van der Waals surface area contributed by atoms with Crippen molar-refractivity contribution in [3.05, 3.63) is 38.7 Å². The number of nitrogens with one attached hydrogen (secondary N) is 2. The van der Waals surface area contributed by atoms with E-state index < -0.39 is 15.6 Å². The van der Waals surface area contributed by atoms with Gasteiger partial charge in [0.2, 0.25) is 0 Å². The number of nitrogens with zero attached hydrogens (tertiary/aromatic N) is 1. The van der Waals surface area contributed by atoms with Gasteiger partial charge in [-0.15, -0.1) is 11.3 Å². The fourth-order valence-corrected chi connectivity index (χ4v) is 3.30. The lowest BCUT2D eigenvalue weighted by atomic mass is 10.5. The molecular weight excluding hydrogens is 298 g/mol. The topological polar surface area (TPSA) is 91.9 Å². The first-order chi connectivity index (χ1) is 8.38. The SMILES string of the molecule is Cc1cnc(NS(=O)(=O)c2c[nH]c(=O)c(Cl)c2)s1. The van der Waals surface area contributed by atoms with Gasteiger partial charge in [-0.2, -0.15) is 0 Å². The summed E-state index contributed by atoms with van der Waals surface area (Å²) in [6, 6.07) is 1.09. The highest BCUT2D eigenvalue weighted by Gasteiger charge is 2.17. The zero-order valence-electron chi connectivity index (χ0n) is 9.10. The van der Waals surface area contributed by atoms with Crippen LogP contribution < -0.4 is 10.3 Å². The molecule has 6 nitrogen and oxygen atoms in total. The Kier molecular flexibility index (Phi) is 3.42. The average molecular weight is 306 g/mol. The maximum Gasteiger partial charge on any atom is 0.266 e. The van der Waals surface area contributed by atoms with Crippen molar-refractivity contribution >= 4 is 38.1 Å². The quantitative estimate of drug-likeness (QED) is 0.901. The molecule has 0 radical (unpaired) electrons. The second-order valence-corrected chi connectivity index (χ2v) is 6.72. The lowest BCUT2D eigenvalue weighted by Gasteiger charge is -2.04. The van der Waals surface area contributed by atoms with Crippen LogP contribution in [0.2, 0.25) is 5.02 Å². The molecule has 0 saturated heterocycles. The number of hydrogen-bond acceptors (Lipinski definition) is 5. The van der Waals surface area contributed by atoms with E-state index in [0.717, 1.165) is 17.1 Å². The molecule has 0 aliphatic rings. The lowest BCUT2D eigenvalue weighted by molar-refractivity contribution is 0.600. The third-order valence-corrected chi connectivity index (χ3v) is 4.54. The van der Waals surface area contributed by atoms with Gasteiger partial charge < -0.3 is 4.98 Å². The molecule has 0 aromatic carbocycles. The molecule has 2 aromatic rings. The van der Waals surface area contributed by atoms with Crippen molar-refractivity contribution in [1.29, 1.82) is 0 Å². The molecule has 0 spiro atoms. The van der Waals surface area contributed by atoms with E-state index in [4.69, 9.17) is 11.6 Å². The molecule has 2 N–H and O–H groups in total. The van der Waals surface area contributed by atoms with Gasteiger partial charge in [0.25, 0.3) is 15.6 Å². The van der Waals surface area contributed by atoms with E-state index in [1.54, 1.807) is 6.20 Å². The molecule has 0 fully saturated rings. The molecule has 2 heterocycles. The smallest absolute Gasteiger partial charge is 0.266 e. The number of sulfonamides is 1. The standard InChI is InChI=1S/C9H8ClN3O3S2/c1-5-3-12-9(17-5)13-18(15,16)6-2-7(10)8(14)11-4-6/h2-4H,1H3,(H,11,14)(H,12,13). The Morgan fingerprint density at radius 1 is 1.50 bits per heavy atom. The number of hydrogen-bond donors (Lipinski definition) is 2. The van der Waals surface area contributed by atoms with Crippen LogP contribution in [0, 0.1) is 6.92 Å². The van der Waals surface area contributed by atoms with Crippen molar-refractivity contribution in [2.45, 2.75) is 11.8 Å². The molecule has 0 bridgehead atoms. The largest absolute Gasteiger partial charge is 0.326 e. The predicted octanol–water partition coefficient (Wildman–Crippen LogP) is 1.59. The summed E-state index contributed by atoms with van der Waals surface area (Å²) in [4.78, 5) is 17.9. The predicted molar refractivity (Wildman–Crippen MR) is 69.7 cm³/mol. The van der Waals surface area contributed by atoms with Crippen molar-refractivity contribution in [2.24, 2.45) is 0 Å². The molecule has 0 aliphatic carbocycles. The van der Waals surface area contributed by atoms with E-state index in [1.807, 2.05) is 6.92 Å². The van der Waals surface area contributed by atoms with Gasteiger partial charge in [0.1, 0.15) is 9.92 Å². The normalized spacial score (nSPS) is 11.4. The van der Waals surface area contributed by atoms with Crippen LogP contribution in [-0.4, -0.2) is 18.4 Å². The number of thiazole rings is 1. The van der Waals surface area contributed by atoms with Crippen LogP contribution in [0.4, 0.5) is 5.13 Å². The second-order valence-electron chi connectivity index (χ2n) is 3.39. The summed E-state index contributed by atoms with van der Waals surface area (Å²) >= 11 is 6.79. The molecule has 0 unspecified atom stereocenters. The Hall–Kier alpha value is -1.38. The highest BCUT2D eigenvalue weighted by molar-refractivity contribution is 7.93. The molecule has 18 heavy (non-hydrogen) atoms. The van der Waals surface area contributed by atoms with Gasteiger partial charge in [-0.25, -0.2) is 13.4 Å². The highest BCUT2D eigenvalue weighted by Crippen LogP contribution is 2.21. The third kappa shape index (κ3) is 2.71. The van der Waals surface area contributed by atoms with Crippen LogP contribution in [0.3, 0.4) is 0 Å². The van der Waals surface area contributed by atoms with E-state index in [0.29, 0.717) is 0 Å². The zero-order valence-corrected chi connectivity index (χ0v) is 11.5. The fraction of sp³-hybridized carbons (Fsp3) is 0.111. The van der Waals surface area contributed by atoms with Gasteiger partial charge in [-0.05, 0) is 13.0 Å². The minimum atomic E-state index is -3.80. The summed E-state index contributed by atoms with van der Waals surface area (Å²) in [5.41, 5.74) is -0.541. The molecule has 0 amide bonds. The van der Waals surface area contributed by atoms with Crippen molar-refractivity contribution in [3.8, 4) is 0 Å². The first-order valence-corrected chi connectivity index (χ1v) is 7.40. The molecule has 0 saturated carbocycles. The van der Waals surface area contributed by atoms with E-state index in [-0.39, 0.29) is 15.0 Å². The van der Waals surface area contributed by atoms with E-state index >= 15 is 0 Å². The summed E-state index contributed by atoms with van der Waals surface area (Å²) in [6.07, 6.45) is 2.64. The van der Waals surface area contributed by atoms with Crippen molar-refractivity contribution in [2.75, 3.05) is 4.72 Å². The zero-order chi connectivity index (χ0) is 13.3. The van der Waals surface area contributed by atoms with Crippen molar-refractivity contribution < 1.29 is 8.42 Å². The monoisotopic (exact) mass is 305 g/mol. The van der Waals surface area contributed by atoms with Gasteiger partial charge in [0.15, 0.2) is 5.13 Å². The molecule has 0 atom stereocenters. The van der Waals surface area contributed by atoms with Gasteiger partial charge in [-0.1, -0.05) is 11.6 Å². The Morgan fingerprint density at radius 3 is 2.78 bits per heavy atom. The summed E-state index contributed by atoms with van der Waals surface area (Å²) in [6.45, 7) is 1.81. The first-order valence-electron chi connectivity index (χ1n) is 4.72. The van der Waals surface area contributed by atoms with Crippen molar-refractivity contribution in [1.82, 2.24) is 9.97 Å². The van der Waals surface area contributed by atoms with Gasteiger partial charge >= 0.3 is 0 Å². The molecular formula is C9H8ClN3O3S2. The molecule has 2 rings (SSSR count). The maximum absolute atomic E-state index is 11.9. The van der Waals surface area contributed by atoms with Crippen molar-refractivity contribution in [3.63, 3.8) is 0 Å². The van der Waals surface area contributed by atoms with E-state index in [1.165, 1.54) is 11.3 Å². The minimum Gasteiger partial charge on any atom is -0.326 e. The van der Waals surface area contributed by atoms with Gasteiger partial charge in [0, 0.05) is 17.3 Å². The number of halogens is 1. The molecule has 2 aromatic heterocycles.